The van der Waals surface area contributed by atoms with Crippen molar-refractivity contribution in [2.24, 2.45) is 0 Å². The zero-order chi connectivity index (χ0) is 22.8. The van der Waals surface area contributed by atoms with E-state index < -0.39 is 0 Å². The van der Waals surface area contributed by atoms with Gasteiger partial charge in [-0.05, 0) is 67.5 Å². The van der Waals surface area contributed by atoms with Gasteiger partial charge < -0.3 is 9.32 Å². The number of para-hydroxylation sites is 1. The summed E-state index contributed by atoms with van der Waals surface area (Å²) in [5, 5.41) is 1.14. The number of aromatic nitrogens is 1. The summed E-state index contributed by atoms with van der Waals surface area (Å²) in [6.45, 7) is 3.32. The normalized spacial score (nSPS) is 17.1. The molecule has 5 heteroatoms. The number of fused-ring (bicyclic) bond motifs is 2. The Hall–Kier alpha value is -3.47. The Morgan fingerprint density at radius 2 is 2.00 bits per heavy atom. The lowest BCUT2D eigenvalue weighted by Crippen LogP contribution is -2.33. The third kappa shape index (κ3) is 4.54. The zero-order valence-corrected chi connectivity index (χ0v) is 19.0. The lowest BCUT2D eigenvalue weighted by Gasteiger charge is -2.25. The van der Waals surface area contributed by atoms with Gasteiger partial charge in [-0.25, -0.2) is 0 Å². The molecule has 0 N–H and O–H groups in total. The predicted molar refractivity (Wildman–Crippen MR) is 130 cm³/mol. The minimum Gasteiger partial charge on any atom is -0.456 e. The molecule has 0 saturated heterocycles. The van der Waals surface area contributed by atoms with E-state index in [2.05, 4.69) is 30.1 Å². The van der Waals surface area contributed by atoms with Crippen molar-refractivity contribution in [3.63, 3.8) is 0 Å². The first-order chi connectivity index (χ1) is 16.1. The van der Waals surface area contributed by atoms with Crippen LogP contribution in [0, 0.1) is 6.92 Å². The average Bonchev–Trinajstić information content (AvgIpc) is 3.17. The molecule has 0 bridgehead atoms. The number of nitrogens with zero attached hydrogens (tertiary/aromatic N) is 2. The maximum absolute atomic E-state index is 12.8. The fraction of sp³-hybridized carbons (Fsp3) is 0.321. The van der Waals surface area contributed by atoms with E-state index >= 15 is 0 Å². The number of benzene rings is 1. The molecule has 3 aromatic rings. The van der Waals surface area contributed by atoms with Crippen molar-refractivity contribution < 1.29 is 14.0 Å². The minimum absolute atomic E-state index is 0.00597. The van der Waals surface area contributed by atoms with Crippen LogP contribution in [-0.4, -0.2) is 34.7 Å². The summed E-state index contributed by atoms with van der Waals surface area (Å²) in [5.74, 6) is 1.25. The molecule has 0 saturated carbocycles. The Morgan fingerprint density at radius 3 is 2.82 bits per heavy atom. The number of Topliss-reactive ketones (excluding diaryl/α,β-unsaturated/α-hetero) is 1. The van der Waals surface area contributed by atoms with Crippen molar-refractivity contribution in [2.45, 2.75) is 45.4 Å². The van der Waals surface area contributed by atoms with Crippen LogP contribution in [0.5, 0.6) is 0 Å². The number of carbonyl (C=O) groups excluding carboxylic acids is 2. The second kappa shape index (κ2) is 9.18. The molecule has 1 aliphatic heterocycles. The lowest BCUT2D eigenvalue weighted by molar-refractivity contribution is -0.125. The molecular weight excluding hydrogens is 412 g/mol. The van der Waals surface area contributed by atoms with Crippen molar-refractivity contribution in [2.75, 3.05) is 13.1 Å². The van der Waals surface area contributed by atoms with Gasteiger partial charge in [0.05, 0.1) is 0 Å². The van der Waals surface area contributed by atoms with Crippen molar-refractivity contribution in [1.29, 1.82) is 0 Å². The van der Waals surface area contributed by atoms with E-state index in [1.165, 1.54) is 0 Å². The standard InChI is InChI=1S/C28H28N2O3/c1-19-24-6-2-3-8-26(24)33-28(19)21-13-15-30(16-14-21)27(32)12-9-20-17-22-10-11-23(31)5-4-7-25(22)29-18-20/h2-3,6,8-9,12-13,17-18H,4-5,7,10-11,14-16H2,1H3/b12-9+. The first kappa shape index (κ1) is 21.4. The summed E-state index contributed by atoms with van der Waals surface area (Å²) in [4.78, 5) is 31.0. The lowest BCUT2D eigenvalue weighted by atomic mass is 9.95. The molecule has 0 unspecified atom stereocenters. The highest BCUT2D eigenvalue weighted by molar-refractivity contribution is 5.93. The van der Waals surface area contributed by atoms with Gasteiger partial charge in [-0.2, -0.15) is 0 Å². The Labute approximate surface area is 193 Å². The van der Waals surface area contributed by atoms with Gasteiger partial charge in [0.15, 0.2) is 0 Å². The number of hydrogen-bond acceptors (Lipinski definition) is 4. The minimum atomic E-state index is -0.00597. The smallest absolute Gasteiger partial charge is 0.246 e. The van der Waals surface area contributed by atoms with Crippen LogP contribution in [0.25, 0.3) is 22.6 Å². The number of furan rings is 1. The zero-order valence-electron chi connectivity index (χ0n) is 19.0. The van der Waals surface area contributed by atoms with E-state index in [0.29, 0.717) is 31.7 Å². The number of pyridine rings is 1. The Morgan fingerprint density at radius 1 is 1.12 bits per heavy atom. The van der Waals surface area contributed by atoms with Crippen molar-refractivity contribution >= 4 is 34.3 Å². The van der Waals surface area contributed by atoms with Crippen molar-refractivity contribution in [1.82, 2.24) is 9.88 Å². The van der Waals surface area contributed by atoms with Gasteiger partial charge in [0.1, 0.15) is 17.1 Å². The summed E-state index contributed by atoms with van der Waals surface area (Å²) in [6, 6.07) is 10.2. The van der Waals surface area contributed by atoms with Gasteiger partial charge in [0.2, 0.25) is 5.91 Å². The number of rotatable bonds is 3. The highest BCUT2D eigenvalue weighted by atomic mass is 16.3. The second-order valence-electron chi connectivity index (χ2n) is 8.92. The quantitative estimate of drug-likeness (QED) is 0.518. The van der Waals surface area contributed by atoms with Crippen LogP contribution < -0.4 is 0 Å². The highest BCUT2D eigenvalue weighted by Gasteiger charge is 2.20. The molecule has 5 nitrogen and oxygen atoms in total. The van der Waals surface area contributed by atoms with Gasteiger partial charge in [0.25, 0.3) is 0 Å². The molecule has 1 aliphatic carbocycles. The molecule has 0 atom stereocenters. The Kier molecular flexibility index (Phi) is 5.95. The maximum Gasteiger partial charge on any atom is 0.246 e. The van der Waals surface area contributed by atoms with E-state index in [1.807, 2.05) is 35.4 Å². The summed E-state index contributed by atoms with van der Waals surface area (Å²) >= 11 is 0. The third-order valence-electron chi connectivity index (χ3n) is 6.70. The van der Waals surface area contributed by atoms with E-state index in [-0.39, 0.29) is 5.91 Å². The van der Waals surface area contributed by atoms with E-state index in [1.54, 1.807) is 6.08 Å². The van der Waals surface area contributed by atoms with Gasteiger partial charge in [-0.15, -0.1) is 0 Å². The number of hydrogen-bond donors (Lipinski definition) is 0. The van der Waals surface area contributed by atoms with Crippen LogP contribution >= 0.6 is 0 Å². The van der Waals surface area contributed by atoms with Gasteiger partial charge in [-0.3, -0.25) is 14.6 Å². The van der Waals surface area contributed by atoms with E-state index in [4.69, 9.17) is 4.42 Å². The average molecular weight is 441 g/mol. The van der Waals surface area contributed by atoms with E-state index in [0.717, 1.165) is 70.4 Å². The number of aryl methyl sites for hydroxylation is 3. The fourth-order valence-electron chi connectivity index (χ4n) is 4.77. The third-order valence-corrected chi connectivity index (χ3v) is 6.70. The van der Waals surface area contributed by atoms with Gasteiger partial charge in [0, 0.05) is 54.8 Å². The fourth-order valence-corrected chi connectivity index (χ4v) is 4.77. The molecule has 0 radical (unpaired) electrons. The molecule has 1 aromatic carbocycles. The summed E-state index contributed by atoms with van der Waals surface area (Å²) in [7, 11) is 0. The molecule has 0 spiro atoms. The Balaban J connectivity index is 1.26. The van der Waals surface area contributed by atoms with Crippen LogP contribution in [0.3, 0.4) is 0 Å². The van der Waals surface area contributed by atoms with E-state index in [9.17, 15) is 9.59 Å². The highest BCUT2D eigenvalue weighted by Crippen LogP contribution is 2.32. The Bertz CT molecular complexity index is 1280. The molecule has 1 amide bonds. The van der Waals surface area contributed by atoms with Crippen LogP contribution in [0.1, 0.15) is 53.8 Å². The molecule has 0 fully saturated rings. The topological polar surface area (TPSA) is 63.4 Å². The molecular formula is C28H28N2O3. The van der Waals surface area contributed by atoms with Crippen molar-refractivity contribution in [3.8, 4) is 0 Å². The largest absolute Gasteiger partial charge is 0.456 e. The second-order valence-corrected chi connectivity index (χ2v) is 8.92. The molecule has 2 aromatic heterocycles. The summed E-state index contributed by atoms with van der Waals surface area (Å²) in [6.07, 6.45) is 11.8. The monoisotopic (exact) mass is 440 g/mol. The molecule has 33 heavy (non-hydrogen) atoms. The summed E-state index contributed by atoms with van der Waals surface area (Å²) in [5.41, 5.74) is 6.34. The van der Waals surface area contributed by atoms with Crippen LogP contribution in [0.4, 0.5) is 0 Å². The SMILES string of the molecule is Cc1c(C2=CCN(C(=O)/C=C/c3cnc4c(c3)CCC(=O)CCC4)CC2)oc2ccccc12. The van der Waals surface area contributed by atoms with Crippen LogP contribution in [0.2, 0.25) is 0 Å². The first-order valence-corrected chi connectivity index (χ1v) is 11.7. The first-order valence-electron chi connectivity index (χ1n) is 11.7. The van der Waals surface area contributed by atoms with Crippen molar-refractivity contribution in [3.05, 3.63) is 76.8 Å². The maximum atomic E-state index is 12.8. The molecule has 2 aliphatic rings. The number of amides is 1. The number of carbonyl (C=O) groups is 2. The number of ketones is 1. The molecule has 5 rings (SSSR count). The van der Waals surface area contributed by atoms with Crippen LogP contribution in [0.15, 0.2) is 53.1 Å². The predicted octanol–water partition coefficient (Wildman–Crippen LogP) is 5.30. The molecule has 168 valence electrons. The molecule has 3 heterocycles. The van der Waals surface area contributed by atoms with Gasteiger partial charge >= 0.3 is 0 Å². The summed E-state index contributed by atoms with van der Waals surface area (Å²) < 4.78 is 6.09. The van der Waals surface area contributed by atoms with Crippen LogP contribution in [-0.2, 0) is 22.4 Å². The van der Waals surface area contributed by atoms with Gasteiger partial charge in [-0.1, -0.05) is 24.3 Å².